The predicted octanol–water partition coefficient (Wildman–Crippen LogP) is -0.358. The first-order valence-corrected chi connectivity index (χ1v) is 5.39. The molecule has 0 radical (unpaired) electrons. The molecule has 0 aromatic carbocycles. The minimum absolute atomic E-state index is 0.174. The number of carbonyl (C=O) groups is 1. The van der Waals surface area contributed by atoms with Gasteiger partial charge in [0.1, 0.15) is 0 Å². The Labute approximate surface area is 85.0 Å². The van der Waals surface area contributed by atoms with E-state index in [9.17, 15) is 4.79 Å². The van der Waals surface area contributed by atoms with E-state index >= 15 is 0 Å². The van der Waals surface area contributed by atoms with Gasteiger partial charge in [-0.2, -0.15) is 0 Å². The molecule has 0 spiro atoms. The molecular weight excluding hydrogens is 178 g/mol. The zero-order chi connectivity index (χ0) is 10.2. The molecule has 0 bridgehead atoms. The Morgan fingerprint density at radius 1 is 1.21 bits per heavy atom. The summed E-state index contributed by atoms with van der Waals surface area (Å²) in [6.07, 6.45) is 2.81. The summed E-state index contributed by atoms with van der Waals surface area (Å²) >= 11 is 0. The zero-order valence-corrected chi connectivity index (χ0v) is 8.83. The minimum Gasteiger partial charge on any atom is -0.340 e. The highest BCUT2D eigenvalue weighted by Gasteiger charge is 2.48. The molecule has 14 heavy (non-hydrogen) atoms. The number of hydrogen-bond acceptors (Lipinski definition) is 3. The summed E-state index contributed by atoms with van der Waals surface area (Å²) in [7, 11) is 2.10. The van der Waals surface area contributed by atoms with Crippen LogP contribution in [0.1, 0.15) is 19.3 Å². The van der Waals surface area contributed by atoms with Crippen molar-refractivity contribution >= 4 is 5.91 Å². The second-order valence-electron chi connectivity index (χ2n) is 4.61. The van der Waals surface area contributed by atoms with E-state index in [-0.39, 0.29) is 5.91 Å². The summed E-state index contributed by atoms with van der Waals surface area (Å²) in [5, 5.41) is 0. The van der Waals surface area contributed by atoms with Crippen molar-refractivity contribution in [2.75, 3.05) is 33.2 Å². The number of amides is 1. The molecule has 1 aliphatic carbocycles. The van der Waals surface area contributed by atoms with Crippen LogP contribution >= 0.6 is 0 Å². The van der Waals surface area contributed by atoms with Crippen LogP contribution in [-0.2, 0) is 4.79 Å². The Morgan fingerprint density at radius 2 is 1.93 bits per heavy atom. The molecule has 2 fully saturated rings. The maximum absolute atomic E-state index is 11.9. The molecule has 2 aliphatic rings. The maximum Gasteiger partial charge on any atom is 0.242 e. The molecule has 0 aromatic heterocycles. The number of nitrogens with zero attached hydrogens (tertiary/aromatic N) is 2. The fourth-order valence-electron chi connectivity index (χ4n) is 1.91. The molecule has 2 rings (SSSR count). The van der Waals surface area contributed by atoms with E-state index in [1.807, 2.05) is 4.90 Å². The van der Waals surface area contributed by atoms with Crippen LogP contribution in [0.15, 0.2) is 0 Å². The van der Waals surface area contributed by atoms with Crippen molar-refractivity contribution in [3.63, 3.8) is 0 Å². The molecule has 0 aromatic rings. The Kier molecular flexibility index (Phi) is 2.49. The third-order valence-electron chi connectivity index (χ3n) is 3.22. The van der Waals surface area contributed by atoms with Gasteiger partial charge in [-0.05, 0) is 32.9 Å². The van der Waals surface area contributed by atoms with Gasteiger partial charge in [-0.3, -0.25) is 4.79 Å². The largest absolute Gasteiger partial charge is 0.340 e. The van der Waals surface area contributed by atoms with Crippen LogP contribution in [-0.4, -0.2) is 54.5 Å². The van der Waals surface area contributed by atoms with Crippen LogP contribution in [0.2, 0.25) is 0 Å². The van der Waals surface area contributed by atoms with E-state index in [1.165, 1.54) is 0 Å². The summed E-state index contributed by atoms with van der Waals surface area (Å²) < 4.78 is 0. The van der Waals surface area contributed by atoms with Crippen molar-refractivity contribution in [2.45, 2.75) is 24.8 Å². The highest BCUT2D eigenvalue weighted by molar-refractivity contribution is 5.89. The zero-order valence-electron chi connectivity index (χ0n) is 8.83. The summed E-state index contributed by atoms with van der Waals surface area (Å²) in [4.78, 5) is 16.1. The molecular formula is C10H19N3O. The number of rotatable bonds is 1. The van der Waals surface area contributed by atoms with Crippen molar-refractivity contribution < 1.29 is 4.79 Å². The van der Waals surface area contributed by atoms with Crippen molar-refractivity contribution in [1.82, 2.24) is 9.80 Å². The Morgan fingerprint density at radius 3 is 2.57 bits per heavy atom. The van der Waals surface area contributed by atoms with Crippen LogP contribution in [0.5, 0.6) is 0 Å². The van der Waals surface area contributed by atoms with Gasteiger partial charge in [0.05, 0.1) is 5.54 Å². The number of nitrogens with two attached hydrogens (primary N) is 1. The summed E-state index contributed by atoms with van der Waals surface area (Å²) in [6.45, 7) is 3.78. The smallest absolute Gasteiger partial charge is 0.242 e. The van der Waals surface area contributed by atoms with E-state index in [1.54, 1.807) is 0 Å². The molecule has 1 amide bonds. The van der Waals surface area contributed by atoms with Crippen molar-refractivity contribution in [2.24, 2.45) is 5.73 Å². The third kappa shape index (κ3) is 1.91. The molecule has 4 heteroatoms. The van der Waals surface area contributed by atoms with E-state index in [0.717, 1.165) is 45.4 Å². The monoisotopic (exact) mass is 197 g/mol. The van der Waals surface area contributed by atoms with E-state index in [2.05, 4.69) is 11.9 Å². The van der Waals surface area contributed by atoms with Crippen molar-refractivity contribution in [3.05, 3.63) is 0 Å². The minimum atomic E-state index is -0.483. The van der Waals surface area contributed by atoms with Crippen molar-refractivity contribution in [3.8, 4) is 0 Å². The van der Waals surface area contributed by atoms with Gasteiger partial charge in [0.25, 0.3) is 0 Å². The lowest BCUT2D eigenvalue weighted by Gasteiger charge is -2.23. The van der Waals surface area contributed by atoms with Crippen LogP contribution in [0.3, 0.4) is 0 Å². The van der Waals surface area contributed by atoms with Crippen LogP contribution in [0, 0.1) is 0 Å². The molecule has 80 valence electrons. The molecule has 1 saturated carbocycles. The lowest BCUT2D eigenvalue weighted by atomic mass is 10.2. The number of hydrogen-bond donors (Lipinski definition) is 1. The number of likely N-dealkylation sites (N-methyl/N-ethyl adjacent to an activating group) is 1. The second kappa shape index (κ2) is 3.51. The summed E-state index contributed by atoms with van der Waals surface area (Å²) in [5.41, 5.74) is 5.42. The lowest BCUT2D eigenvalue weighted by molar-refractivity contribution is -0.133. The molecule has 0 atom stereocenters. The van der Waals surface area contributed by atoms with Gasteiger partial charge >= 0.3 is 0 Å². The predicted molar refractivity (Wildman–Crippen MR) is 54.8 cm³/mol. The first-order valence-electron chi connectivity index (χ1n) is 5.39. The summed E-state index contributed by atoms with van der Waals surface area (Å²) in [5.74, 6) is 0.174. The van der Waals surface area contributed by atoms with Gasteiger partial charge in [-0.25, -0.2) is 0 Å². The van der Waals surface area contributed by atoms with E-state index in [0.29, 0.717) is 0 Å². The summed E-state index contributed by atoms with van der Waals surface area (Å²) in [6, 6.07) is 0. The SMILES string of the molecule is CN1CCCN(C(=O)C2(N)CC2)CC1. The van der Waals surface area contributed by atoms with Gasteiger partial charge in [-0.15, -0.1) is 0 Å². The van der Waals surface area contributed by atoms with Crippen LogP contribution in [0.25, 0.3) is 0 Å². The van der Waals surface area contributed by atoms with Crippen LogP contribution in [0.4, 0.5) is 0 Å². The average Bonchev–Trinajstić information content (AvgIpc) is 2.91. The maximum atomic E-state index is 11.9. The highest BCUT2D eigenvalue weighted by atomic mass is 16.2. The van der Waals surface area contributed by atoms with Gasteiger partial charge in [0, 0.05) is 19.6 Å². The Balaban J connectivity index is 1.93. The van der Waals surface area contributed by atoms with Crippen LogP contribution < -0.4 is 5.73 Å². The fraction of sp³-hybridized carbons (Fsp3) is 0.900. The second-order valence-corrected chi connectivity index (χ2v) is 4.61. The van der Waals surface area contributed by atoms with E-state index in [4.69, 9.17) is 5.73 Å². The fourth-order valence-corrected chi connectivity index (χ4v) is 1.91. The Bertz CT molecular complexity index is 238. The topological polar surface area (TPSA) is 49.6 Å². The van der Waals surface area contributed by atoms with Gasteiger partial charge in [0.2, 0.25) is 5.91 Å². The quantitative estimate of drug-likeness (QED) is 0.624. The van der Waals surface area contributed by atoms with Gasteiger partial charge in [-0.1, -0.05) is 0 Å². The molecule has 0 unspecified atom stereocenters. The standard InChI is InChI=1S/C10H19N3O/c1-12-5-2-6-13(8-7-12)9(14)10(11)3-4-10/h2-8,11H2,1H3. The molecule has 1 saturated heterocycles. The molecule has 2 N–H and O–H groups in total. The molecule has 1 heterocycles. The normalized spacial score (nSPS) is 27.1. The Hall–Kier alpha value is -0.610. The van der Waals surface area contributed by atoms with Crippen molar-refractivity contribution in [1.29, 1.82) is 0 Å². The lowest BCUT2D eigenvalue weighted by Crippen LogP contribution is -2.46. The number of carbonyl (C=O) groups excluding carboxylic acids is 1. The average molecular weight is 197 g/mol. The third-order valence-corrected chi connectivity index (χ3v) is 3.22. The highest BCUT2D eigenvalue weighted by Crippen LogP contribution is 2.34. The molecule has 1 aliphatic heterocycles. The van der Waals surface area contributed by atoms with Gasteiger partial charge in [0.15, 0.2) is 0 Å². The first kappa shape index (κ1) is 9.93. The van der Waals surface area contributed by atoms with E-state index < -0.39 is 5.54 Å². The molecule has 4 nitrogen and oxygen atoms in total. The first-order chi connectivity index (χ1) is 6.62. The van der Waals surface area contributed by atoms with Gasteiger partial charge < -0.3 is 15.5 Å².